The van der Waals surface area contributed by atoms with Crippen molar-refractivity contribution in [3.63, 3.8) is 0 Å². The number of hydrogen-bond donors (Lipinski definition) is 1. The van der Waals surface area contributed by atoms with Gasteiger partial charge >= 0.3 is 0 Å². The Balaban J connectivity index is 1.60. The molecule has 6 nitrogen and oxygen atoms in total. The molecule has 0 spiro atoms. The van der Waals surface area contributed by atoms with E-state index >= 15 is 0 Å². The number of ether oxygens (including phenoxy) is 1. The summed E-state index contributed by atoms with van der Waals surface area (Å²) < 4.78 is 5.74. The number of amides is 1. The van der Waals surface area contributed by atoms with Crippen molar-refractivity contribution in [3.8, 4) is 17.6 Å². The number of phenols is 1. The second kappa shape index (κ2) is 10.1. The minimum Gasteiger partial charge on any atom is -0.503 e. The van der Waals surface area contributed by atoms with Crippen molar-refractivity contribution in [1.82, 2.24) is 4.90 Å². The SMILES string of the molecule is CCCCc1ccc(N2CSC3=C(C#N)C(c4cc(Br)c(O)c(OC)c4)CC(=O)N3C2)cc1. The lowest BCUT2D eigenvalue weighted by atomic mass is 9.86. The first kappa shape index (κ1) is 23.5. The summed E-state index contributed by atoms with van der Waals surface area (Å²) in [6, 6.07) is 14.4. The molecule has 1 fully saturated rings. The number of halogens is 1. The highest BCUT2D eigenvalue weighted by atomic mass is 79.9. The molecule has 1 amide bonds. The van der Waals surface area contributed by atoms with Crippen LogP contribution in [0.15, 0.2) is 51.5 Å². The molecule has 1 atom stereocenters. The van der Waals surface area contributed by atoms with Crippen LogP contribution in [0.2, 0.25) is 0 Å². The smallest absolute Gasteiger partial charge is 0.229 e. The number of carbonyl (C=O) groups excluding carboxylic acids is 1. The predicted octanol–water partition coefficient (Wildman–Crippen LogP) is 5.73. The minimum atomic E-state index is -0.378. The summed E-state index contributed by atoms with van der Waals surface area (Å²) in [4.78, 5) is 17.1. The number of methoxy groups -OCH3 is 1. The average molecular weight is 528 g/mol. The van der Waals surface area contributed by atoms with Gasteiger partial charge in [0.25, 0.3) is 0 Å². The molecule has 2 aromatic rings. The van der Waals surface area contributed by atoms with E-state index in [1.165, 1.54) is 37.3 Å². The van der Waals surface area contributed by atoms with Crippen molar-refractivity contribution in [1.29, 1.82) is 5.26 Å². The Hall–Kier alpha value is -2.63. The van der Waals surface area contributed by atoms with Crippen LogP contribution < -0.4 is 9.64 Å². The fourth-order valence-electron chi connectivity index (χ4n) is 4.22. The third-order valence-corrected chi connectivity index (χ3v) is 7.85. The summed E-state index contributed by atoms with van der Waals surface area (Å²) in [5.74, 6) is 0.569. The van der Waals surface area contributed by atoms with E-state index in [-0.39, 0.29) is 24.0 Å². The fourth-order valence-corrected chi connectivity index (χ4v) is 5.84. The van der Waals surface area contributed by atoms with Gasteiger partial charge in [-0.2, -0.15) is 5.26 Å². The molecule has 2 aliphatic heterocycles. The minimum absolute atomic E-state index is 0.000399. The molecule has 33 heavy (non-hydrogen) atoms. The van der Waals surface area contributed by atoms with Gasteiger partial charge in [0, 0.05) is 18.0 Å². The van der Waals surface area contributed by atoms with E-state index in [9.17, 15) is 15.2 Å². The molecule has 8 heteroatoms. The number of allylic oxidation sites excluding steroid dienone is 1. The Bertz CT molecular complexity index is 1130. The van der Waals surface area contributed by atoms with Crippen molar-refractivity contribution in [3.05, 3.63) is 62.6 Å². The predicted molar refractivity (Wildman–Crippen MR) is 134 cm³/mol. The van der Waals surface area contributed by atoms with Crippen molar-refractivity contribution in [2.75, 3.05) is 24.6 Å². The van der Waals surface area contributed by atoms with Gasteiger partial charge in [0.2, 0.25) is 5.91 Å². The van der Waals surface area contributed by atoms with E-state index in [2.05, 4.69) is 58.1 Å². The molecule has 0 saturated carbocycles. The number of phenolic OH excluding ortho intramolecular Hbond substituents is 1. The third kappa shape index (κ3) is 4.71. The number of fused-ring (bicyclic) bond motifs is 1. The van der Waals surface area contributed by atoms with Crippen LogP contribution in [0.3, 0.4) is 0 Å². The zero-order chi connectivity index (χ0) is 23.5. The Morgan fingerprint density at radius 2 is 2.06 bits per heavy atom. The molecule has 2 aromatic carbocycles. The van der Waals surface area contributed by atoms with E-state index in [4.69, 9.17) is 4.74 Å². The van der Waals surface area contributed by atoms with Crippen LogP contribution in [-0.4, -0.2) is 35.6 Å². The maximum atomic E-state index is 13.2. The first-order valence-electron chi connectivity index (χ1n) is 10.9. The van der Waals surface area contributed by atoms with Crippen LogP contribution >= 0.6 is 27.7 Å². The van der Waals surface area contributed by atoms with Crippen molar-refractivity contribution in [2.45, 2.75) is 38.5 Å². The van der Waals surface area contributed by atoms with Crippen LogP contribution in [0.5, 0.6) is 11.5 Å². The number of rotatable bonds is 6. The summed E-state index contributed by atoms with van der Waals surface area (Å²) in [5, 5.41) is 20.9. The van der Waals surface area contributed by atoms with E-state index in [0.717, 1.165) is 22.7 Å². The van der Waals surface area contributed by atoms with Crippen molar-refractivity contribution >= 4 is 39.3 Å². The first-order chi connectivity index (χ1) is 16.0. The van der Waals surface area contributed by atoms with Crippen LogP contribution in [0.25, 0.3) is 0 Å². The Kier molecular flexibility index (Phi) is 7.20. The quantitative estimate of drug-likeness (QED) is 0.517. The fraction of sp³-hybridized carbons (Fsp3) is 0.360. The van der Waals surface area contributed by atoms with Gasteiger partial charge in [0.1, 0.15) is 0 Å². The Morgan fingerprint density at radius 3 is 2.73 bits per heavy atom. The number of aryl methyl sites for hydroxylation is 1. The molecule has 0 radical (unpaired) electrons. The summed E-state index contributed by atoms with van der Waals surface area (Å²) in [6.45, 7) is 2.62. The molecule has 1 N–H and O–H groups in total. The maximum absolute atomic E-state index is 13.2. The van der Waals surface area contributed by atoms with Gasteiger partial charge in [-0.25, -0.2) is 0 Å². The highest BCUT2D eigenvalue weighted by Gasteiger charge is 2.38. The molecular formula is C25H26BrN3O3S. The van der Waals surface area contributed by atoms with Crippen LogP contribution in [0, 0.1) is 11.3 Å². The molecule has 1 unspecified atom stereocenters. The monoisotopic (exact) mass is 527 g/mol. The molecule has 0 aromatic heterocycles. The van der Waals surface area contributed by atoms with Crippen LogP contribution in [-0.2, 0) is 11.2 Å². The van der Waals surface area contributed by atoms with Crippen LogP contribution in [0.1, 0.15) is 43.2 Å². The first-order valence-corrected chi connectivity index (χ1v) is 12.7. The van der Waals surface area contributed by atoms with Crippen molar-refractivity contribution < 1.29 is 14.6 Å². The lowest BCUT2D eigenvalue weighted by molar-refractivity contribution is -0.129. The van der Waals surface area contributed by atoms with Gasteiger partial charge in [-0.1, -0.05) is 37.2 Å². The summed E-state index contributed by atoms with van der Waals surface area (Å²) in [7, 11) is 1.48. The van der Waals surface area contributed by atoms with Crippen LogP contribution in [0.4, 0.5) is 5.69 Å². The van der Waals surface area contributed by atoms with Gasteiger partial charge in [-0.05, 0) is 64.2 Å². The topological polar surface area (TPSA) is 76.8 Å². The number of carbonyl (C=O) groups is 1. The lowest BCUT2D eigenvalue weighted by Crippen LogP contribution is -2.47. The van der Waals surface area contributed by atoms with Gasteiger partial charge in [-0.3, -0.25) is 9.69 Å². The van der Waals surface area contributed by atoms with Gasteiger partial charge in [0.15, 0.2) is 11.5 Å². The Labute approximate surface area is 207 Å². The number of nitriles is 1. The number of benzene rings is 2. The van der Waals surface area contributed by atoms with E-state index in [1.54, 1.807) is 17.0 Å². The van der Waals surface area contributed by atoms with Gasteiger partial charge in [0.05, 0.1) is 40.8 Å². The number of nitrogens with zero attached hydrogens (tertiary/aromatic N) is 3. The standard InChI is InChI=1S/C25H26BrN3O3S/c1-3-4-5-16-6-8-18(9-7-16)28-14-29-23(30)12-19(20(13-27)25(29)33-15-28)17-10-21(26)24(31)22(11-17)32-2/h6-11,19,31H,3-5,12,14-15H2,1-2H3. The zero-order valence-corrected chi connectivity index (χ0v) is 21.1. The number of thioether (sulfide) groups is 1. The Morgan fingerprint density at radius 1 is 1.30 bits per heavy atom. The molecule has 172 valence electrons. The summed E-state index contributed by atoms with van der Waals surface area (Å²) in [5.41, 5.74) is 3.74. The largest absolute Gasteiger partial charge is 0.503 e. The molecule has 0 aliphatic carbocycles. The zero-order valence-electron chi connectivity index (χ0n) is 18.7. The van der Waals surface area contributed by atoms with E-state index < -0.39 is 0 Å². The van der Waals surface area contributed by atoms with Gasteiger partial charge < -0.3 is 14.7 Å². The molecule has 0 bridgehead atoms. The van der Waals surface area contributed by atoms with Crippen molar-refractivity contribution in [2.24, 2.45) is 0 Å². The normalized spacial score (nSPS) is 18.2. The van der Waals surface area contributed by atoms with E-state index in [0.29, 0.717) is 28.3 Å². The second-order valence-electron chi connectivity index (χ2n) is 8.19. The molecule has 2 aliphatic rings. The second-order valence-corrected chi connectivity index (χ2v) is 9.98. The molecular weight excluding hydrogens is 502 g/mol. The average Bonchev–Trinajstić information content (AvgIpc) is 2.84. The highest BCUT2D eigenvalue weighted by molar-refractivity contribution is 9.10. The highest BCUT2D eigenvalue weighted by Crippen LogP contribution is 2.46. The third-order valence-electron chi connectivity index (χ3n) is 6.09. The number of aromatic hydroxyl groups is 1. The molecule has 4 rings (SSSR count). The number of hydrogen-bond acceptors (Lipinski definition) is 6. The maximum Gasteiger partial charge on any atom is 0.229 e. The number of unbranched alkanes of at least 4 members (excludes halogenated alkanes) is 1. The lowest BCUT2D eigenvalue weighted by Gasteiger charge is -2.42. The summed E-state index contributed by atoms with van der Waals surface area (Å²) >= 11 is 4.86. The molecule has 2 heterocycles. The summed E-state index contributed by atoms with van der Waals surface area (Å²) in [6.07, 6.45) is 3.62. The van der Waals surface area contributed by atoms with E-state index in [1.807, 2.05) is 0 Å². The number of anilines is 1. The molecule has 1 saturated heterocycles. The van der Waals surface area contributed by atoms with Gasteiger partial charge in [-0.15, -0.1) is 0 Å².